The summed E-state index contributed by atoms with van der Waals surface area (Å²) in [5, 5.41) is -0.511. The molecule has 7 nitrogen and oxygen atoms in total. The Kier molecular flexibility index (Phi) is 7.54. The van der Waals surface area contributed by atoms with E-state index >= 15 is 0 Å². The second kappa shape index (κ2) is 9.47. The summed E-state index contributed by atoms with van der Waals surface area (Å²) < 4.78 is 16.7. The van der Waals surface area contributed by atoms with Gasteiger partial charge in [-0.3, -0.25) is 14.5 Å². The Balaban J connectivity index is 2.33. The van der Waals surface area contributed by atoms with E-state index in [1.165, 1.54) is 14.0 Å². The third kappa shape index (κ3) is 4.88. The van der Waals surface area contributed by atoms with Crippen LogP contribution in [0.3, 0.4) is 0 Å². The summed E-state index contributed by atoms with van der Waals surface area (Å²) in [5.74, 6) is -0.106. The van der Waals surface area contributed by atoms with Crippen molar-refractivity contribution < 1.29 is 28.6 Å². The molecule has 1 aliphatic heterocycles. The highest BCUT2D eigenvalue weighted by atomic mass is 79.9. The Morgan fingerprint density at radius 2 is 1.96 bits per heavy atom. The molecule has 1 aromatic carbocycles. The van der Waals surface area contributed by atoms with E-state index < -0.39 is 23.2 Å². The minimum Gasteiger partial charge on any atom is -0.493 e. The van der Waals surface area contributed by atoms with E-state index in [1.54, 1.807) is 25.1 Å². The molecule has 0 aliphatic carbocycles. The number of amides is 2. The maximum Gasteiger partial charge on any atom is 0.329 e. The predicted molar refractivity (Wildman–Crippen MR) is 110 cm³/mol. The minimum atomic E-state index is -0.985. The largest absolute Gasteiger partial charge is 0.493 e. The van der Waals surface area contributed by atoms with E-state index in [1.807, 2.05) is 13.8 Å². The standard InChI is InChI=1S/C19H22BrNO6S/c1-6-26-18(23)11(4)21-17(22)15(28-19(21)24)9-12-7-13(20)16(27-10(2)3)14(8-12)25-5/h7-11H,6H2,1-5H3/b15-9+/t11-/m0/s1. The summed E-state index contributed by atoms with van der Waals surface area (Å²) >= 11 is 4.23. The van der Waals surface area contributed by atoms with E-state index in [4.69, 9.17) is 14.2 Å². The van der Waals surface area contributed by atoms with Gasteiger partial charge in [-0.2, -0.15) is 0 Å². The first-order chi connectivity index (χ1) is 13.2. The van der Waals surface area contributed by atoms with Crippen LogP contribution in [0.5, 0.6) is 11.5 Å². The van der Waals surface area contributed by atoms with Gasteiger partial charge < -0.3 is 14.2 Å². The number of rotatable bonds is 7. The highest BCUT2D eigenvalue weighted by Crippen LogP contribution is 2.39. The first-order valence-electron chi connectivity index (χ1n) is 8.67. The first-order valence-corrected chi connectivity index (χ1v) is 10.3. The van der Waals surface area contributed by atoms with Gasteiger partial charge in [-0.15, -0.1) is 0 Å². The molecule has 0 N–H and O–H groups in total. The fraction of sp³-hybridized carbons (Fsp3) is 0.421. The molecule has 1 aromatic rings. The molecule has 1 heterocycles. The molecule has 152 valence electrons. The van der Waals surface area contributed by atoms with Crippen molar-refractivity contribution in [1.29, 1.82) is 0 Å². The van der Waals surface area contributed by atoms with Crippen molar-refractivity contribution in [2.24, 2.45) is 0 Å². The molecule has 0 bridgehead atoms. The van der Waals surface area contributed by atoms with Gasteiger partial charge >= 0.3 is 5.97 Å². The molecule has 0 radical (unpaired) electrons. The lowest BCUT2D eigenvalue weighted by Gasteiger charge is -2.19. The molecule has 0 unspecified atom stereocenters. The van der Waals surface area contributed by atoms with E-state index in [9.17, 15) is 14.4 Å². The molecular weight excluding hydrogens is 450 g/mol. The maximum absolute atomic E-state index is 12.7. The molecule has 1 atom stereocenters. The molecule has 1 saturated heterocycles. The van der Waals surface area contributed by atoms with Gasteiger partial charge in [0.05, 0.1) is 29.2 Å². The number of imide groups is 1. The van der Waals surface area contributed by atoms with Crippen LogP contribution in [0.1, 0.15) is 33.3 Å². The third-order valence-electron chi connectivity index (χ3n) is 3.74. The second-order valence-electron chi connectivity index (χ2n) is 6.18. The summed E-state index contributed by atoms with van der Waals surface area (Å²) in [6.07, 6.45) is 1.53. The van der Waals surface area contributed by atoms with Crippen molar-refractivity contribution in [1.82, 2.24) is 4.90 Å². The molecule has 28 heavy (non-hydrogen) atoms. The van der Waals surface area contributed by atoms with Crippen LogP contribution < -0.4 is 9.47 Å². The SMILES string of the molecule is CCOC(=O)[C@H](C)N1C(=O)S/C(=C/c2cc(Br)c(OC(C)C)c(OC)c2)C1=O. The number of hydrogen-bond acceptors (Lipinski definition) is 7. The van der Waals surface area contributed by atoms with Crippen LogP contribution in [0, 0.1) is 0 Å². The van der Waals surface area contributed by atoms with Crippen molar-refractivity contribution >= 4 is 50.9 Å². The van der Waals surface area contributed by atoms with Crippen LogP contribution in [0.4, 0.5) is 4.79 Å². The highest BCUT2D eigenvalue weighted by Gasteiger charge is 2.41. The van der Waals surface area contributed by atoms with Crippen LogP contribution in [-0.4, -0.2) is 47.9 Å². The van der Waals surface area contributed by atoms with Crippen LogP contribution in [0.2, 0.25) is 0 Å². The zero-order valence-corrected chi connectivity index (χ0v) is 18.7. The Morgan fingerprint density at radius 1 is 1.29 bits per heavy atom. The molecule has 1 fully saturated rings. The number of nitrogens with zero attached hydrogens (tertiary/aromatic N) is 1. The molecule has 9 heteroatoms. The first kappa shape index (κ1) is 22.3. The predicted octanol–water partition coefficient (Wildman–Crippen LogP) is 4.23. The highest BCUT2D eigenvalue weighted by molar-refractivity contribution is 9.10. The van der Waals surface area contributed by atoms with E-state index in [0.717, 1.165) is 16.7 Å². The number of halogens is 1. The van der Waals surface area contributed by atoms with Crippen molar-refractivity contribution in [3.8, 4) is 11.5 Å². The van der Waals surface area contributed by atoms with Gasteiger partial charge in [-0.25, -0.2) is 4.79 Å². The summed E-state index contributed by atoms with van der Waals surface area (Å²) in [5.41, 5.74) is 0.647. The minimum absolute atomic E-state index is 0.0445. The fourth-order valence-corrected chi connectivity index (χ4v) is 3.97. The van der Waals surface area contributed by atoms with Crippen LogP contribution >= 0.6 is 27.7 Å². The van der Waals surface area contributed by atoms with Crippen molar-refractivity contribution in [3.63, 3.8) is 0 Å². The summed E-state index contributed by atoms with van der Waals surface area (Å²) in [6, 6.07) is 2.50. The number of hydrogen-bond donors (Lipinski definition) is 0. The normalized spacial score (nSPS) is 16.7. The van der Waals surface area contributed by atoms with Gasteiger partial charge in [0.15, 0.2) is 11.5 Å². The van der Waals surface area contributed by atoms with Crippen molar-refractivity contribution in [2.45, 2.75) is 39.8 Å². The maximum atomic E-state index is 12.7. The Morgan fingerprint density at radius 3 is 2.54 bits per heavy atom. The summed E-state index contributed by atoms with van der Waals surface area (Å²) in [7, 11) is 1.52. The topological polar surface area (TPSA) is 82.1 Å². The monoisotopic (exact) mass is 471 g/mol. The van der Waals surface area contributed by atoms with Gasteiger partial charge in [-0.05, 0) is 79.2 Å². The summed E-state index contributed by atoms with van der Waals surface area (Å²) in [6.45, 7) is 7.11. The van der Waals surface area contributed by atoms with E-state index in [0.29, 0.717) is 21.5 Å². The zero-order valence-electron chi connectivity index (χ0n) is 16.3. The molecule has 0 aromatic heterocycles. The number of benzene rings is 1. The Hall–Kier alpha value is -2.00. The third-order valence-corrected chi connectivity index (χ3v) is 5.21. The van der Waals surface area contributed by atoms with Gasteiger partial charge in [0, 0.05) is 0 Å². The molecule has 0 saturated carbocycles. The van der Waals surface area contributed by atoms with Crippen LogP contribution in [-0.2, 0) is 14.3 Å². The van der Waals surface area contributed by atoms with Crippen LogP contribution in [0.25, 0.3) is 6.08 Å². The van der Waals surface area contributed by atoms with E-state index in [-0.39, 0.29) is 17.6 Å². The molecule has 0 spiro atoms. The van der Waals surface area contributed by atoms with Gasteiger partial charge in [0.2, 0.25) is 0 Å². The van der Waals surface area contributed by atoms with E-state index in [2.05, 4.69) is 15.9 Å². The lowest BCUT2D eigenvalue weighted by atomic mass is 10.1. The number of esters is 1. The molecule has 1 aliphatic rings. The Bertz CT molecular complexity index is 823. The summed E-state index contributed by atoms with van der Waals surface area (Å²) in [4.78, 5) is 38.0. The average molecular weight is 472 g/mol. The Labute approximate surface area is 176 Å². The average Bonchev–Trinajstić information content (AvgIpc) is 2.89. The molecule has 2 amide bonds. The number of ether oxygens (including phenoxy) is 3. The second-order valence-corrected chi connectivity index (χ2v) is 8.03. The van der Waals surface area contributed by atoms with Gasteiger partial charge in [-0.1, -0.05) is 0 Å². The van der Waals surface area contributed by atoms with Crippen molar-refractivity contribution in [3.05, 3.63) is 27.1 Å². The van der Waals surface area contributed by atoms with Crippen LogP contribution in [0.15, 0.2) is 21.5 Å². The number of thioether (sulfide) groups is 1. The number of methoxy groups -OCH3 is 1. The number of carbonyl (C=O) groups excluding carboxylic acids is 3. The fourth-order valence-electron chi connectivity index (χ4n) is 2.51. The van der Waals surface area contributed by atoms with Crippen molar-refractivity contribution in [2.75, 3.05) is 13.7 Å². The smallest absolute Gasteiger partial charge is 0.329 e. The zero-order chi connectivity index (χ0) is 21.0. The van der Waals surface area contributed by atoms with Gasteiger partial charge in [0.1, 0.15) is 6.04 Å². The van der Waals surface area contributed by atoms with Gasteiger partial charge in [0.25, 0.3) is 11.1 Å². The molecular formula is C19H22BrNO6S. The quantitative estimate of drug-likeness (QED) is 0.434. The number of carbonyl (C=O) groups is 3. The lowest BCUT2D eigenvalue weighted by molar-refractivity contribution is -0.150. The molecule has 2 rings (SSSR count). The lowest BCUT2D eigenvalue weighted by Crippen LogP contribution is -2.42.